The third-order valence-electron chi connectivity index (χ3n) is 5.37. The summed E-state index contributed by atoms with van der Waals surface area (Å²) in [6.07, 6.45) is 19.5. The van der Waals surface area contributed by atoms with Crippen molar-refractivity contribution in [2.24, 2.45) is 0 Å². The highest BCUT2D eigenvalue weighted by Gasteiger charge is 2.47. The molecule has 0 heterocycles. The molecular formula is C22H34Cl4IN. The summed E-state index contributed by atoms with van der Waals surface area (Å²) < 4.78 is 0.525. The van der Waals surface area contributed by atoms with Crippen LogP contribution in [0, 0.1) is 12.3 Å². The van der Waals surface area contributed by atoms with Crippen LogP contribution in [0.15, 0.2) is 22.2 Å². The molecule has 0 aromatic carbocycles. The lowest BCUT2D eigenvalue weighted by Gasteiger charge is -2.45. The molecule has 0 aliphatic heterocycles. The van der Waals surface area contributed by atoms with E-state index in [1.165, 1.54) is 51.4 Å². The molecule has 0 saturated carbocycles. The number of nitrogens with zero attached hydrogens (tertiary/aromatic N) is 1. The summed E-state index contributed by atoms with van der Waals surface area (Å²) in [6.45, 7) is 8.25. The van der Waals surface area contributed by atoms with E-state index in [9.17, 15) is 0 Å². The molecule has 0 aromatic heterocycles. The van der Waals surface area contributed by atoms with Crippen molar-refractivity contribution < 1.29 is 16.9 Å². The van der Waals surface area contributed by atoms with Crippen molar-refractivity contribution in [3.05, 3.63) is 22.2 Å². The molecule has 1 rings (SSSR count). The second-order valence-electron chi connectivity index (χ2n) is 7.74. The molecule has 162 valence electrons. The van der Waals surface area contributed by atoms with Gasteiger partial charge in [-0.05, 0) is 43.8 Å². The summed E-state index contributed by atoms with van der Waals surface area (Å²) in [5.74, 6) is 2.96. The number of terminal acetylenes is 1. The topological polar surface area (TPSA) is 0 Å². The van der Waals surface area contributed by atoms with E-state index in [2.05, 4.69) is 42.4 Å². The van der Waals surface area contributed by atoms with E-state index >= 15 is 0 Å². The summed E-state index contributed by atoms with van der Waals surface area (Å²) in [5, 5.41) is 1.12. The Morgan fingerprint density at radius 3 is 2.04 bits per heavy atom. The average Bonchev–Trinajstić information content (AvgIpc) is 2.61. The fraction of sp³-hybridized carbons (Fsp3) is 0.727. The minimum atomic E-state index is -0.369. The SMILES string of the molecule is C#CC[N+](CCCCCC)(CCCCCC)CC1(I)C(Cl)=CC(Cl)=CC1Cl.[Cl-]. The Morgan fingerprint density at radius 2 is 1.61 bits per heavy atom. The van der Waals surface area contributed by atoms with Crippen molar-refractivity contribution in [3.8, 4) is 12.3 Å². The molecule has 0 N–H and O–H groups in total. The van der Waals surface area contributed by atoms with E-state index < -0.39 is 0 Å². The Labute approximate surface area is 207 Å². The fourth-order valence-corrected chi connectivity index (χ4v) is 5.86. The number of alkyl halides is 2. The van der Waals surface area contributed by atoms with Crippen LogP contribution in [0.25, 0.3) is 0 Å². The third-order valence-corrected chi connectivity index (χ3v) is 8.83. The predicted octanol–water partition coefficient (Wildman–Crippen LogP) is 4.64. The third kappa shape index (κ3) is 8.94. The molecule has 0 fully saturated rings. The zero-order chi connectivity index (χ0) is 20.3. The number of allylic oxidation sites excluding steroid dienone is 3. The van der Waals surface area contributed by atoms with E-state index in [-0.39, 0.29) is 21.2 Å². The van der Waals surface area contributed by atoms with Gasteiger partial charge in [-0.2, -0.15) is 0 Å². The van der Waals surface area contributed by atoms with Crippen LogP contribution in [-0.4, -0.2) is 39.5 Å². The number of unbranched alkanes of at least 4 members (excludes halogenated alkanes) is 6. The van der Waals surface area contributed by atoms with Crippen LogP contribution >= 0.6 is 57.4 Å². The number of rotatable bonds is 13. The fourth-order valence-electron chi connectivity index (χ4n) is 3.77. The first-order valence-corrected chi connectivity index (χ1v) is 12.5. The zero-order valence-corrected chi connectivity index (χ0v) is 22.3. The first-order chi connectivity index (χ1) is 12.8. The monoisotopic (exact) mass is 579 g/mol. The molecule has 0 aromatic rings. The van der Waals surface area contributed by atoms with Crippen molar-refractivity contribution in [1.82, 2.24) is 0 Å². The summed E-state index contributed by atoms with van der Waals surface area (Å²) in [5.41, 5.74) is 0. The molecule has 2 unspecified atom stereocenters. The molecule has 0 bridgehead atoms. The smallest absolute Gasteiger partial charge is 0.140 e. The Hall–Kier alpha value is 0.890. The van der Waals surface area contributed by atoms with Crippen LogP contribution in [-0.2, 0) is 0 Å². The van der Waals surface area contributed by atoms with Gasteiger partial charge in [-0.1, -0.05) is 85.3 Å². The highest BCUT2D eigenvalue weighted by atomic mass is 127. The summed E-state index contributed by atoms with van der Waals surface area (Å²) in [4.78, 5) is 0. The standard InChI is InChI=1S/C22H34Cl3IN.ClH/c1-4-7-9-11-14-27(13-6-3,15-12-10-8-5-2)18-22(26)20(24)16-19(23)17-21(22)25;/h3,16-17,20H,4-5,7-15,18H2,1-2H3;1H/q+1;/p-1. The summed E-state index contributed by atoms with van der Waals surface area (Å²) in [7, 11) is 0. The number of halogens is 5. The number of quaternary nitrogens is 1. The molecule has 0 radical (unpaired) electrons. The molecule has 1 aliphatic rings. The van der Waals surface area contributed by atoms with E-state index in [0.717, 1.165) is 35.7 Å². The molecule has 1 aliphatic carbocycles. The predicted molar refractivity (Wildman–Crippen MR) is 131 cm³/mol. The van der Waals surface area contributed by atoms with Crippen molar-refractivity contribution in [2.45, 2.75) is 74.0 Å². The van der Waals surface area contributed by atoms with Gasteiger partial charge in [0.2, 0.25) is 0 Å². The Bertz CT molecular complexity index is 543. The Balaban J connectivity index is 0.00000729. The van der Waals surface area contributed by atoms with Gasteiger partial charge in [0.25, 0.3) is 0 Å². The lowest BCUT2D eigenvalue weighted by atomic mass is 9.96. The summed E-state index contributed by atoms with van der Waals surface area (Å²) >= 11 is 22.0. The zero-order valence-electron chi connectivity index (χ0n) is 17.1. The maximum atomic E-state index is 6.73. The summed E-state index contributed by atoms with van der Waals surface area (Å²) in [6, 6.07) is 0. The molecule has 0 saturated heterocycles. The maximum absolute atomic E-state index is 6.73. The molecule has 1 nitrogen and oxygen atoms in total. The molecule has 0 amide bonds. The lowest BCUT2D eigenvalue weighted by molar-refractivity contribution is -0.922. The number of hydrogen-bond acceptors (Lipinski definition) is 0. The molecule has 28 heavy (non-hydrogen) atoms. The van der Waals surface area contributed by atoms with E-state index in [0.29, 0.717) is 5.03 Å². The molecule has 6 heteroatoms. The van der Waals surface area contributed by atoms with Crippen molar-refractivity contribution >= 4 is 57.4 Å². The highest BCUT2D eigenvalue weighted by Crippen LogP contribution is 2.44. The van der Waals surface area contributed by atoms with Gasteiger partial charge in [0.1, 0.15) is 16.5 Å². The Kier molecular flexibility index (Phi) is 15.3. The van der Waals surface area contributed by atoms with Gasteiger partial charge in [-0.15, -0.1) is 18.0 Å². The lowest BCUT2D eigenvalue weighted by Crippen LogP contribution is -3.00. The van der Waals surface area contributed by atoms with Crippen LogP contribution < -0.4 is 12.4 Å². The minimum Gasteiger partial charge on any atom is -1.00 e. The maximum Gasteiger partial charge on any atom is 0.140 e. The number of hydrogen-bond donors (Lipinski definition) is 0. The quantitative estimate of drug-likeness (QED) is 0.0979. The molecular weight excluding hydrogens is 547 g/mol. The van der Waals surface area contributed by atoms with Crippen LogP contribution in [0.3, 0.4) is 0 Å². The van der Waals surface area contributed by atoms with Gasteiger partial charge in [0.05, 0.1) is 18.5 Å². The van der Waals surface area contributed by atoms with E-state index in [1.54, 1.807) is 0 Å². The average molecular weight is 581 g/mol. The Morgan fingerprint density at radius 1 is 1.07 bits per heavy atom. The first-order valence-electron chi connectivity index (χ1n) is 10.2. The van der Waals surface area contributed by atoms with E-state index in [4.69, 9.17) is 41.2 Å². The van der Waals surface area contributed by atoms with Gasteiger partial charge in [0.15, 0.2) is 0 Å². The second-order valence-corrected chi connectivity index (χ2v) is 11.0. The van der Waals surface area contributed by atoms with Gasteiger partial charge < -0.3 is 16.9 Å². The first kappa shape index (κ1) is 28.9. The van der Waals surface area contributed by atoms with Crippen molar-refractivity contribution in [1.29, 1.82) is 0 Å². The van der Waals surface area contributed by atoms with Gasteiger partial charge in [-0.25, -0.2) is 0 Å². The second kappa shape index (κ2) is 14.8. The van der Waals surface area contributed by atoms with Gasteiger partial charge >= 0.3 is 0 Å². The van der Waals surface area contributed by atoms with Crippen molar-refractivity contribution in [3.63, 3.8) is 0 Å². The van der Waals surface area contributed by atoms with Crippen LogP contribution in [0.5, 0.6) is 0 Å². The van der Waals surface area contributed by atoms with E-state index in [1.807, 2.05) is 12.2 Å². The normalized spacial score (nSPS) is 22.1. The molecule has 0 spiro atoms. The van der Waals surface area contributed by atoms with Gasteiger partial charge in [-0.3, -0.25) is 0 Å². The highest BCUT2D eigenvalue weighted by molar-refractivity contribution is 14.1. The minimum absolute atomic E-state index is 0. The van der Waals surface area contributed by atoms with Crippen LogP contribution in [0.4, 0.5) is 0 Å². The van der Waals surface area contributed by atoms with Crippen LogP contribution in [0.1, 0.15) is 65.2 Å². The molecule has 2 atom stereocenters. The van der Waals surface area contributed by atoms with Crippen molar-refractivity contribution in [2.75, 3.05) is 26.2 Å². The van der Waals surface area contributed by atoms with Gasteiger partial charge in [0, 0.05) is 10.1 Å². The largest absolute Gasteiger partial charge is 1.00 e. The van der Waals surface area contributed by atoms with Crippen LogP contribution in [0.2, 0.25) is 0 Å².